The van der Waals surface area contributed by atoms with E-state index >= 15 is 0 Å². The molecule has 2 N–H and O–H groups in total. The van der Waals surface area contributed by atoms with E-state index in [9.17, 15) is 8.42 Å². The van der Waals surface area contributed by atoms with E-state index in [0.717, 1.165) is 11.3 Å². The average Bonchev–Trinajstić information content (AvgIpc) is 3.04. The normalized spacial score (nSPS) is 19.7. The fourth-order valence-electron chi connectivity index (χ4n) is 2.80. The van der Waals surface area contributed by atoms with Crippen LogP contribution in [-0.2, 0) is 16.8 Å². The van der Waals surface area contributed by atoms with Crippen molar-refractivity contribution in [2.75, 3.05) is 26.7 Å². The molecule has 130 valence electrons. The Labute approximate surface area is 142 Å². The summed E-state index contributed by atoms with van der Waals surface area (Å²) in [5.41, 5.74) is 1.91. The molecule has 1 saturated heterocycles. The number of benzene rings is 1. The van der Waals surface area contributed by atoms with Crippen molar-refractivity contribution in [3.8, 4) is 11.3 Å². The molecule has 1 aromatic heterocycles. The summed E-state index contributed by atoms with van der Waals surface area (Å²) in [5, 5.41) is 3.25. The van der Waals surface area contributed by atoms with E-state index in [4.69, 9.17) is 0 Å². The Morgan fingerprint density at radius 3 is 2.79 bits per heavy atom. The van der Waals surface area contributed by atoms with E-state index in [2.05, 4.69) is 15.3 Å². The summed E-state index contributed by atoms with van der Waals surface area (Å²) in [6.07, 6.45) is 1.73. The molecule has 0 bridgehead atoms. The average molecular weight is 349 g/mol. The first kappa shape index (κ1) is 17.1. The predicted octanol–water partition coefficient (Wildman–Crippen LogP) is 1.05. The van der Waals surface area contributed by atoms with E-state index < -0.39 is 10.2 Å². The molecule has 1 aromatic carbocycles. The van der Waals surface area contributed by atoms with Gasteiger partial charge in [-0.25, -0.2) is 4.98 Å². The van der Waals surface area contributed by atoms with Gasteiger partial charge in [0, 0.05) is 32.7 Å². The molecule has 7 nitrogen and oxygen atoms in total. The van der Waals surface area contributed by atoms with Gasteiger partial charge in [0.05, 0.1) is 18.4 Å². The van der Waals surface area contributed by atoms with Crippen LogP contribution in [0.1, 0.15) is 12.7 Å². The van der Waals surface area contributed by atoms with Gasteiger partial charge in [-0.3, -0.25) is 0 Å². The van der Waals surface area contributed by atoms with Gasteiger partial charge in [0.2, 0.25) is 0 Å². The first-order valence-electron chi connectivity index (χ1n) is 8.01. The zero-order valence-corrected chi connectivity index (χ0v) is 14.8. The molecule has 2 aromatic rings. The summed E-state index contributed by atoms with van der Waals surface area (Å²) in [6.45, 7) is 3.85. The number of rotatable bonds is 5. The van der Waals surface area contributed by atoms with Crippen LogP contribution < -0.4 is 5.32 Å². The molecule has 0 radical (unpaired) electrons. The van der Waals surface area contributed by atoms with Crippen LogP contribution in [0, 0.1) is 0 Å². The maximum Gasteiger partial charge on any atom is 0.282 e. The molecule has 0 saturated carbocycles. The number of nitrogens with one attached hydrogen (secondary N) is 2. The maximum absolute atomic E-state index is 12.7. The minimum atomic E-state index is -3.48. The molecule has 1 unspecified atom stereocenters. The van der Waals surface area contributed by atoms with Crippen LogP contribution in [-0.4, -0.2) is 59.7 Å². The molecular weight excluding hydrogens is 326 g/mol. The van der Waals surface area contributed by atoms with Crippen molar-refractivity contribution in [3.63, 3.8) is 0 Å². The quantitative estimate of drug-likeness (QED) is 0.845. The minimum Gasteiger partial charge on any atom is -0.341 e. The lowest BCUT2D eigenvalue weighted by Crippen LogP contribution is -2.54. The van der Waals surface area contributed by atoms with Crippen molar-refractivity contribution in [1.82, 2.24) is 23.9 Å². The molecule has 0 spiro atoms. The summed E-state index contributed by atoms with van der Waals surface area (Å²) < 4.78 is 28.3. The van der Waals surface area contributed by atoms with Crippen LogP contribution in [0.4, 0.5) is 0 Å². The summed E-state index contributed by atoms with van der Waals surface area (Å²) in [5.74, 6) is 0.628. The zero-order valence-electron chi connectivity index (χ0n) is 13.9. The van der Waals surface area contributed by atoms with Gasteiger partial charge in [-0.05, 0) is 12.5 Å². The molecule has 8 heteroatoms. The first-order valence-corrected chi connectivity index (χ1v) is 9.40. The summed E-state index contributed by atoms with van der Waals surface area (Å²) >= 11 is 0. The Balaban J connectivity index is 1.70. The Morgan fingerprint density at radius 1 is 1.33 bits per heavy atom. The molecule has 3 rings (SSSR count). The lowest BCUT2D eigenvalue weighted by molar-refractivity contribution is 0.286. The van der Waals surface area contributed by atoms with Crippen molar-refractivity contribution in [1.29, 1.82) is 0 Å². The SMILES string of the molecule is CC1CN(S(=O)(=O)N(C)Cc2ncc(-c3ccccc3)[nH]2)CCN1. The Bertz CT molecular complexity index is 775. The molecule has 24 heavy (non-hydrogen) atoms. The standard InChI is InChI=1S/C16H23N5O2S/c1-13-11-21(9-8-17-13)24(22,23)20(2)12-16-18-10-15(19-16)14-6-4-3-5-7-14/h3-7,10,13,17H,8-9,11-12H2,1-2H3,(H,18,19). The number of H-pyrrole nitrogens is 1. The second-order valence-corrected chi connectivity index (χ2v) is 8.12. The highest BCUT2D eigenvalue weighted by molar-refractivity contribution is 7.86. The summed E-state index contributed by atoms with van der Waals surface area (Å²) in [7, 11) is -1.89. The number of aromatic amines is 1. The van der Waals surface area contributed by atoms with Gasteiger partial charge in [0.15, 0.2) is 0 Å². The van der Waals surface area contributed by atoms with Crippen LogP contribution in [0.15, 0.2) is 36.5 Å². The predicted molar refractivity (Wildman–Crippen MR) is 93.4 cm³/mol. The third-order valence-electron chi connectivity index (χ3n) is 4.14. The van der Waals surface area contributed by atoms with Gasteiger partial charge in [-0.2, -0.15) is 17.0 Å². The number of hydrogen-bond donors (Lipinski definition) is 2. The number of aromatic nitrogens is 2. The van der Waals surface area contributed by atoms with E-state index in [1.807, 2.05) is 37.3 Å². The molecular formula is C16H23N5O2S. The number of hydrogen-bond acceptors (Lipinski definition) is 4. The molecule has 2 heterocycles. The monoisotopic (exact) mass is 349 g/mol. The van der Waals surface area contributed by atoms with Crippen LogP contribution in [0.5, 0.6) is 0 Å². The molecule has 1 aliphatic rings. The molecule has 1 atom stereocenters. The van der Waals surface area contributed by atoms with Crippen molar-refractivity contribution in [2.24, 2.45) is 0 Å². The lowest BCUT2D eigenvalue weighted by atomic mass is 10.2. The molecule has 1 fully saturated rings. The van der Waals surface area contributed by atoms with Gasteiger partial charge in [-0.1, -0.05) is 30.3 Å². The highest BCUT2D eigenvalue weighted by Crippen LogP contribution is 2.18. The first-order chi connectivity index (χ1) is 11.5. The maximum atomic E-state index is 12.7. The van der Waals surface area contributed by atoms with Crippen LogP contribution in [0.25, 0.3) is 11.3 Å². The number of imidazole rings is 1. The molecule has 0 amide bonds. The van der Waals surface area contributed by atoms with Gasteiger partial charge >= 0.3 is 0 Å². The van der Waals surface area contributed by atoms with Gasteiger partial charge in [-0.15, -0.1) is 0 Å². The highest BCUT2D eigenvalue weighted by Gasteiger charge is 2.30. The Hall–Kier alpha value is -1.74. The third-order valence-corrected chi connectivity index (χ3v) is 6.04. The van der Waals surface area contributed by atoms with Crippen LogP contribution >= 0.6 is 0 Å². The Kier molecular flexibility index (Phi) is 5.00. The van der Waals surface area contributed by atoms with Gasteiger partial charge in [0.25, 0.3) is 10.2 Å². The molecule has 1 aliphatic heterocycles. The van der Waals surface area contributed by atoms with Gasteiger partial charge in [0.1, 0.15) is 5.82 Å². The number of nitrogens with zero attached hydrogens (tertiary/aromatic N) is 3. The van der Waals surface area contributed by atoms with Crippen LogP contribution in [0.3, 0.4) is 0 Å². The fraction of sp³-hybridized carbons (Fsp3) is 0.438. The van der Waals surface area contributed by atoms with Gasteiger partial charge < -0.3 is 10.3 Å². The fourth-order valence-corrected chi connectivity index (χ4v) is 4.22. The van der Waals surface area contributed by atoms with Crippen molar-refractivity contribution < 1.29 is 8.42 Å². The highest BCUT2D eigenvalue weighted by atomic mass is 32.2. The third kappa shape index (κ3) is 3.67. The zero-order chi connectivity index (χ0) is 17.2. The molecule has 0 aliphatic carbocycles. The van der Waals surface area contributed by atoms with E-state index in [1.165, 1.54) is 8.61 Å². The topological polar surface area (TPSA) is 81.3 Å². The Morgan fingerprint density at radius 2 is 2.08 bits per heavy atom. The van der Waals surface area contributed by atoms with E-state index in [-0.39, 0.29) is 12.6 Å². The second kappa shape index (κ2) is 7.02. The van der Waals surface area contributed by atoms with Crippen LogP contribution in [0.2, 0.25) is 0 Å². The largest absolute Gasteiger partial charge is 0.341 e. The van der Waals surface area contributed by atoms with E-state index in [1.54, 1.807) is 13.2 Å². The smallest absolute Gasteiger partial charge is 0.282 e. The summed E-state index contributed by atoms with van der Waals surface area (Å²) in [4.78, 5) is 7.51. The number of piperazine rings is 1. The lowest BCUT2D eigenvalue weighted by Gasteiger charge is -2.33. The van der Waals surface area contributed by atoms with Crippen molar-refractivity contribution in [2.45, 2.75) is 19.5 Å². The van der Waals surface area contributed by atoms with Crippen molar-refractivity contribution in [3.05, 3.63) is 42.4 Å². The van der Waals surface area contributed by atoms with Crippen molar-refractivity contribution >= 4 is 10.2 Å². The van der Waals surface area contributed by atoms with E-state index in [0.29, 0.717) is 25.5 Å². The second-order valence-electron chi connectivity index (χ2n) is 6.09. The minimum absolute atomic E-state index is 0.162. The summed E-state index contributed by atoms with van der Waals surface area (Å²) in [6, 6.07) is 10.0.